The fraction of sp³-hybridized carbons (Fsp3) is 0. The van der Waals surface area contributed by atoms with Crippen LogP contribution >= 0.6 is 0 Å². The Morgan fingerprint density at radius 1 is 0.750 bits per heavy atom. The van der Waals surface area contributed by atoms with E-state index < -0.39 is 0 Å². The Bertz CT molecular complexity index is 6.00. The maximum absolute atomic E-state index is 0. The summed E-state index contributed by atoms with van der Waals surface area (Å²) in [4.78, 5) is 0. The quantitative estimate of drug-likeness (QED) is 0.392. The molecule has 0 aliphatic carbocycles. The monoisotopic (exact) mass is 456 g/mol. The molecular weight excluding hydrogens is 453 g/mol. The summed E-state index contributed by atoms with van der Waals surface area (Å²) in [5, 5.41) is 0. The van der Waals surface area contributed by atoms with Gasteiger partial charge in [-0.05, 0) is 0 Å². The number of hydrogen-bond acceptors (Lipinski definition) is 0. The van der Waals surface area contributed by atoms with Gasteiger partial charge >= 0.3 is 72.8 Å². The van der Waals surface area contributed by atoms with Crippen LogP contribution in [0.15, 0.2) is 0 Å². The molecule has 0 bridgehead atoms. The molecule has 2 radical (unpaired) electrons. The van der Waals surface area contributed by atoms with Crippen LogP contribution in [0, 0.1) is 0 Å². The molecule has 0 aromatic rings. The molecule has 4 heteroatoms. The van der Waals surface area contributed by atoms with Crippen LogP contribution < -0.4 is 0 Å². The Morgan fingerprint density at radius 3 is 0.750 bits per heavy atom. The molecule has 0 aliphatic rings. The summed E-state index contributed by atoms with van der Waals surface area (Å²) < 4.78 is 0. The summed E-state index contributed by atoms with van der Waals surface area (Å²) in [5.74, 6) is 0. The summed E-state index contributed by atoms with van der Waals surface area (Å²) in [5.41, 5.74) is 0. The predicted octanol–water partition coefficient (Wildman–Crippen LogP) is -1.52. The van der Waals surface area contributed by atoms with Crippen molar-refractivity contribution >= 4 is 107 Å². The third-order valence-corrected chi connectivity index (χ3v) is 0. The van der Waals surface area contributed by atoms with E-state index in [0.717, 1.165) is 0 Å². The van der Waals surface area contributed by atoms with Crippen molar-refractivity contribution < 1.29 is 0 Å². The van der Waals surface area contributed by atoms with E-state index in [9.17, 15) is 0 Å². The third kappa shape index (κ3) is 9.06. The minimum Gasteiger partial charge on any atom is -2.00 e. The third-order valence-electron chi connectivity index (χ3n) is 0. The van der Waals surface area contributed by atoms with Gasteiger partial charge in [-0.3, -0.25) is 0 Å². The number of hydrogen-bond donors (Lipinski definition) is 0. The van der Waals surface area contributed by atoms with Crippen molar-refractivity contribution in [2.45, 2.75) is 0 Å². The van der Waals surface area contributed by atoms with Crippen molar-refractivity contribution in [2.75, 3.05) is 0 Å². The van der Waals surface area contributed by atoms with Crippen LogP contribution in [0.25, 0.3) is 0 Å². The Morgan fingerprint density at radius 2 is 0.750 bits per heavy atom. The molecule has 18 valence electrons. The topological polar surface area (TPSA) is 0 Å². The van der Waals surface area contributed by atoms with Gasteiger partial charge in [0.15, 0.2) is 0 Å². The molecule has 0 amide bonds. The molecule has 0 unspecified atom stereocenters. The molecule has 0 atom stereocenters. The average molecular weight is 453 g/mol. The summed E-state index contributed by atoms with van der Waals surface area (Å²) >= 11 is 0. The molecule has 0 aromatic heterocycles. The molecule has 0 aliphatic heterocycles. The molecule has 0 rings (SSSR count). The van der Waals surface area contributed by atoms with Gasteiger partial charge in [-0.25, -0.2) is 0 Å². The van der Waals surface area contributed by atoms with Crippen molar-refractivity contribution in [3.05, 3.63) is 0 Å². The van der Waals surface area contributed by atoms with Gasteiger partial charge in [-0.2, -0.15) is 0 Å². The van der Waals surface area contributed by atoms with Gasteiger partial charge in [-0.1, -0.05) is 0 Å². The normalized spacial score (nSPS) is 0. The molecular formula is PbSe2Sr. The van der Waals surface area contributed by atoms with Crippen molar-refractivity contribution in [3.63, 3.8) is 0 Å². The van der Waals surface area contributed by atoms with E-state index in [0.29, 0.717) is 0 Å². The summed E-state index contributed by atoms with van der Waals surface area (Å²) in [6.07, 6.45) is 0. The smallest absolute Gasteiger partial charge is 2.00 e. The zero-order valence-electron chi connectivity index (χ0n) is 2.02. The minimum absolute atomic E-state index is 0. The van der Waals surface area contributed by atoms with Crippen molar-refractivity contribution in [3.8, 4) is 0 Å². The molecule has 0 saturated heterocycles. The van der Waals surface area contributed by atoms with E-state index in [1.54, 1.807) is 0 Å². The Hall–Kier alpha value is 3.44. The largest absolute Gasteiger partial charge is 2.00 e. The summed E-state index contributed by atoms with van der Waals surface area (Å²) in [7, 11) is 0. The molecule has 0 heterocycles. The van der Waals surface area contributed by atoms with E-state index >= 15 is 0 Å². The van der Waals surface area contributed by atoms with Crippen molar-refractivity contribution in [1.82, 2.24) is 0 Å². The molecule has 0 fully saturated rings. The second-order valence-corrected chi connectivity index (χ2v) is 0. The molecule has 0 nitrogen and oxygen atoms in total. The second kappa shape index (κ2) is 16.1. The van der Waals surface area contributed by atoms with E-state index in [2.05, 4.69) is 0 Å². The molecule has 0 aromatic carbocycles. The van der Waals surface area contributed by atoms with Gasteiger partial charge in [-0.15, -0.1) is 0 Å². The van der Waals surface area contributed by atoms with Crippen LogP contribution in [-0.2, 0) is 0 Å². The molecule has 0 spiro atoms. The maximum Gasteiger partial charge on any atom is 2.00 e. The Kier molecular flexibility index (Phi) is 105. The van der Waals surface area contributed by atoms with Crippen LogP contribution in [0.5, 0.6) is 0 Å². The summed E-state index contributed by atoms with van der Waals surface area (Å²) in [6.45, 7) is 0. The predicted molar refractivity (Wildman–Crippen MR) is 23.0 cm³/mol. The zero-order valence-corrected chi connectivity index (χ0v) is 12.8. The van der Waals surface area contributed by atoms with Gasteiger partial charge in [0.2, 0.25) is 0 Å². The average Bonchev–Trinajstić information content (AvgIpc) is 0. The van der Waals surface area contributed by atoms with Crippen LogP contribution in [-0.4, -0.2) is 107 Å². The SMILES string of the molecule is [Pb+2].[Se-2].[Se-2].[Sr+2]. The Labute approximate surface area is 104 Å². The second-order valence-electron chi connectivity index (χ2n) is 0. The fourth-order valence-electron chi connectivity index (χ4n) is 0. The van der Waals surface area contributed by atoms with Gasteiger partial charge in [0.25, 0.3) is 0 Å². The Balaban J connectivity index is 0. The van der Waals surface area contributed by atoms with Gasteiger partial charge in [0.05, 0.1) is 0 Å². The van der Waals surface area contributed by atoms with Gasteiger partial charge < -0.3 is 34.1 Å². The van der Waals surface area contributed by atoms with Crippen molar-refractivity contribution in [2.24, 2.45) is 0 Å². The fourth-order valence-corrected chi connectivity index (χ4v) is 0. The van der Waals surface area contributed by atoms with Crippen molar-refractivity contribution in [1.29, 1.82) is 0 Å². The van der Waals surface area contributed by atoms with Crippen LogP contribution in [0.4, 0.5) is 0 Å². The van der Waals surface area contributed by atoms with Crippen LogP contribution in [0.3, 0.4) is 0 Å². The van der Waals surface area contributed by atoms with E-state index in [4.69, 9.17) is 0 Å². The first kappa shape index (κ1) is 26.1. The molecule has 4 heavy (non-hydrogen) atoms. The van der Waals surface area contributed by atoms with Gasteiger partial charge in [0, 0.05) is 0 Å². The van der Waals surface area contributed by atoms with Gasteiger partial charge in [0.1, 0.15) is 0 Å². The summed E-state index contributed by atoms with van der Waals surface area (Å²) in [6, 6.07) is 0. The van der Waals surface area contributed by atoms with E-state index in [1.165, 1.54) is 0 Å². The molecule has 0 N–H and O–H groups in total. The number of rotatable bonds is 0. The molecule has 0 saturated carbocycles. The minimum atomic E-state index is 0. The van der Waals surface area contributed by atoms with Crippen LogP contribution in [0.2, 0.25) is 0 Å². The first-order valence-electron chi connectivity index (χ1n) is 0. The van der Waals surface area contributed by atoms with Crippen LogP contribution in [0.1, 0.15) is 0 Å². The zero-order chi connectivity index (χ0) is 0. The van der Waals surface area contributed by atoms with E-state index in [1.807, 2.05) is 0 Å². The van der Waals surface area contributed by atoms with E-state index in [-0.39, 0.29) is 107 Å². The maximum atomic E-state index is 0. The first-order chi connectivity index (χ1) is 0. The standard InChI is InChI=1S/Pb.2Se.Sr/q+2;2*-2;+2. The first-order valence-corrected chi connectivity index (χ1v) is 0.